The molecule has 11 nitrogen and oxygen atoms in total. The van der Waals surface area contributed by atoms with Crippen molar-refractivity contribution in [2.75, 3.05) is 11.2 Å². The summed E-state index contributed by atoms with van der Waals surface area (Å²) in [4.78, 5) is 45.5. The Kier molecular flexibility index (Phi) is 8.04. The van der Waals surface area contributed by atoms with Crippen molar-refractivity contribution in [3.8, 4) is 0 Å². The Morgan fingerprint density at radius 3 is 2.53 bits per heavy atom. The fourth-order valence-electron chi connectivity index (χ4n) is 2.94. The van der Waals surface area contributed by atoms with Gasteiger partial charge in [0.15, 0.2) is 0 Å². The summed E-state index contributed by atoms with van der Waals surface area (Å²) in [7, 11) is 0. The number of anilines is 2. The predicted octanol–water partition coefficient (Wildman–Crippen LogP) is 1.63. The van der Waals surface area contributed by atoms with Crippen molar-refractivity contribution in [1.29, 1.82) is 0 Å². The molecule has 178 valence electrons. The second-order valence-electron chi connectivity index (χ2n) is 7.46. The van der Waals surface area contributed by atoms with Crippen LogP contribution in [-0.2, 0) is 24.4 Å². The number of pyridine rings is 1. The summed E-state index contributed by atoms with van der Waals surface area (Å²) in [5.74, 6) is -0.539. The van der Waals surface area contributed by atoms with E-state index < -0.39 is 17.5 Å². The highest BCUT2D eigenvalue weighted by molar-refractivity contribution is 6.30. The topological polar surface area (TPSA) is 156 Å². The third kappa shape index (κ3) is 6.69. The number of carbonyl (C=O) groups excluding carboxylic acids is 2. The first-order chi connectivity index (χ1) is 16.2. The smallest absolute Gasteiger partial charge is 0.333 e. The van der Waals surface area contributed by atoms with Gasteiger partial charge in [0.1, 0.15) is 6.54 Å². The van der Waals surface area contributed by atoms with Crippen LogP contribution < -0.4 is 32.8 Å². The molecule has 0 atom stereocenters. The fraction of sp³-hybridized carbons (Fsp3) is 0.227. The Morgan fingerprint density at radius 2 is 1.79 bits per heavy atom. The highest BCUT2D eigenvalue weighted by Crippen LogP contribution is 2.10. The number of hydrogen-bond acceptors (Lipinski definition) is 7. The van der Waals surface area contributed by atoms with Crippen LogP contribution in [-0.4, -0.2) is 26.5 Å². The minimum Gasteiger partial charge on any atom is -0.397 e. The molecular formula is C22H25ClN8O3. The number of hydrogen-bond donors (Lipinski definition) is 5. The van der Waals surface area contributed by atoms with Crippen molar-refractivity contribution in [3.05, 3.63) is 80.6 Å². The van der Waals surface area contributed by atoms with Gasteiger partial charge >= 0.3 is 6.03 Å². The SMILES string of the molecule is Cc1ccc(N)c(CNC(=O)Cn2c(C)cnc(NNC(=O)NCc3ccc(Cl)cc3)c2=O)n1. The second kappa shape index (κ2) is 11.1. The molecule has 0 bridgehead atoms. The lowest BCUT2D eigenvalue weighted by Gasteiger charge is -2.13. The maximum Gasteiger partial charge on any atom is 0.333 e. The Balaban J connectivity index is 1.56. The summed E-state index contributed by atoms with van der Waals surface area (Å²) in [5, 5.41) is 5.94. The zero-order chi connectivity index (χ0) is 24.7. The molecule has 2 heterocycles. The van der Waals surface area contributed by atoms with E-state index in [0.717, 1.165) is 11.3 Å². The number of halogens is 1. The largest absolute Gasteiger partial charge is 0.397 e. The number of rotatable bonds is 8. The van der Waals surface area contributed by atoms with E-state index >= 15 is 0 Å². The third-order valence-electron chi connectivity index (χ3n) is 4.82. The summed E-state index contributed by atoms with van der Waals surface area (Å²) < 4.78 is 1.24. The number of carbonyl (C=O) groups is 2. The first-order valence-corrected chi connectivity index (χ1v) is 10.7. The number of nitrogen functional groups attached to an aromatic ring is 1. The Hall–Kier alpha value is -4.12. The quantitative estimate of drug-likeness (QED) is 0.304. The average Bonchev–Trinajstić information content (AvgIpc) is 2.81. The predicted molar refractivity (Wildman–Crippen MR) is 129 cm³/mol. The van der Waals surface area contributed by atoms with E-state index in [0.29, 0.717) is 22.1 Å². The fourth-order valence-corrected chi connectivity index (χ4v) is 3.07. The van der Waals surface area contributed by atoms with E-state index in [1.54, 1.807) is 43.3 Å². The summed E-state index contributed by atoms with van der Waals surface area (Å²) in [5.41, 5.74) is 13.3. The molecule has 0 fully saturated rings. The van der Waals surface area contributed by atoms with Gasteiger partial charge in [0.25, 0.3) is 5.56 Å². The molecule has 0 aliphatic heterocycles. The number of aryl methyl sites for hydroxylation is 2. The van der Waals surface area contributed by atoms with Crippen LogP contribution in [0.2, 0.25) is 5.02 Å². The number of hydrazine groups is 1. The number of benzene rings is 1. The first kappa shape index (κ1) is 24.5. The van der Waals surface area contributed by atoms with Crippen LogP contribution in [0.15, 0.2) is 47.4 Å². The van der Waals surface area contributed by atoms with E-state index in [-0.39, 0.29) is 25.5 Å². The molecule has 0 saturated heterocycles. The standard InChI is InChI=1S/C22H25ClN8O3/c1-13-3-8-17(24)18(28-13)11-25-19(32)12-31-14(2)9-26-20(21(31)33)29-30-22(34)27-10-15-4-6-16(23)7-5-15/h3-9H,10-12,24H2,1-2H3,(H,25,32)(H,26,29)(H2,27,30,34). The number of nitrogens with two attached hydrogens (primary N) is 1. The van der Waals surface area contributed by atoms with E-state index in [9.17, 15) is 14.4 Å². The molecule has 3 rings (SSSR count). The lowest BCUT2D eigenvalue weighted by molar-refractivity contribution is -0.121. The summed E-state index contributed by atoms with van der Waals surface area (Å²) >= 11 is 5.84. The minimum absolute atomic E-state index is 0.131. The van der Waals surface area contributed by atoms with Gasteiger partial charge in [0.05, 0.1) is 17.9 Å². The highest BCUT2D eigenvalue weighted by atomic mass is 35.5. The van der Waals surface area contributed by atoms with Crippen LogP contribution in [0.4, 0.5) is 16.3 Å². The van der Waals surface area contributed by atoms with Gasteiger partial charge in [0, 0.05) is 29.2 Å². The van der Waals surface area contributed by atoms with E-state index in [4.69, 9.17) is 17.3 Å². The summed E-state index contributed by atoms with van der Waals surface area (Å²) in [6.07, 6.45) is 1.42. The van der Waals surface area contributed by atoms with Gasteiger partial charge in [-0.2, -0.15) is 0 Å². The van der Waals surface area contributed by atoms with Gasteiger partial charge in [-0.1, -0.05) is 23.7 Å². The van der Waals surface area contributed by atoms with Gasteiger partial charge in [-0.05, 0) is 43.7 Å². The summed E-state index contributed by atoms with van der Waals surface area (Å²) in [6.45, 7) is 3.63. The number of aromatic nitrogens is 3. The van der Waals surface area contributed by atoms with Crippen molar-refractivity contribution < 1.29 is 9.59 Å². The highest BCUT2D eigenvalue weighted by Gasteiger charge is 2.13. The zero-order valence-corrected chi connectivity index (χ0v) is 19.4. The van der Waals surface area contributed by atoms with Crippen molar-refractivity contribution in [2.45, 2.75) is 33.5 Å². The zero-order valence-electron chi connectivity index (χ0n) is 18.7. The van der Waals surface area contributed by atoms with Crippen LogP contribution in [0, 0.1) is 13.8 Å². The van der Waals surface area contributed by atoms with Gasteiger partial charge in [-0.25, -0.2) is 9.78 Å². The van der Waals surface area contributed by atoms with Gasteiger partial charge in [-0.3, -0.25) is 30.0 Å². The first-order valence-electron chi connectivity index (χ1n) is 10.3. The van der Waals surface area contributed by atoms with E-state index in [2.05, 4.69) is 31.5 Å². The number of urea groups is 1. The molecular weight excluding hydrogens is 460 g/mol. The van der Waals surface area contributed by atoms with Crippen LogP contribution in [0.1, 0.15) is 22.6 Å². The molecule has 34 heavy (non-hydrogen) atoms. The molecule has 2 aromatic heterocycles. The number of amides is 3. The van der Waals surface area contributed by atoms with E-state index in [1.807, 2.05) is 6.92 Å². The number of nitrogens with one attached hydrogen (secondary N) is 4. The average molecular weight is 485 g/mol. The lowest BCUT2D eigenvalue weighted by Crippen LogP contribution is -2.41. The summed E-state index contributed by atoms with van der Waals surface area (Å²) in [6, 6.07) is 9.93. The molecule has 3 aromatic rings. The second-order valence-corrected chi connectivity index (χ2v) is 7.90. The molecule has 0 aliphatic carbocycles. The molecule has 12 heteroatoms. The van der Waals surface area contributed by atoms with Crippen LogP contribution in [0.25, 0.3) is 0 Å². The van der Waals surface area contributed by atoms with Gasteiger partial charge < -0.3 is 16.4 Å². The monoisotopic (exact) mass is 484 g/mol. The molecule has 1 aromatic carbocycles. The Labute approximate surface area is 200 Å². The van der Waals surface area contributed by atoms with Crippen LogP contribution >= 0.6 is 11.6 Å². The molecule has 0 unspecified atom stereocenters. The maximum atomic E-state index is 12.8. The van der Waals surface area contributed by atoms with Crippen LogP contribution in [0.3, 0.4) is 0 Å². The van der Waals surface area contributed by atoms with Gasteiger partial charge in [-0.15, -0.1) is 0 Å². The lowest BCUT2D eigenvalue weighted by atomic mass is 10.2. The minimum atomic E-state index is -0.568. The van der Waals surface area contributed by atoms with Crippen molar-refractivity contribution in [3.63, 3.8) is 0 Å². The molecule has 0 spiro atoms. The Morgan fingerprint density at radius 1 is 1.06 bits per heavy atom. The Bertz CT molecular complexity index is 1240. The number of nitrogens with zero attached hydrogens (tertiary/aromatic N) is 3. The molecule has 0 saturated carbocycles. The van der Waals surface area contributed by atoms with Crippen molar-refractivity contribution >= 4 is 35.0 Å². The van der Waals surface area contributed by atoms with Crippen LogP contribution in [0.5, 0.6) is 0 Å². The maximum absolute atomic E-state index is 12.8. The molecule has 0 radical (unpaired) electrons. The molecule has 0 aliphatic rings. The van der Waals surface area contributed by atoms with Gasteiger partial charge in [0.2, 0.25) is 11.7 Å². The third-order valence-corrected chi connectivity index (χ3v) is 5.07. The molecule has 6 N–H and O–H groups in total. The molecule has 3 amide bonds. The van der Waals surface area contributed by atoms with Crippen molar-refractivity contribution in [1.82, 2.24) is 30.6 Å². The van der Waals surface area contributed by atoms with Crippen molar-refractivity contribution in [2.24, 2.45) is 0 Å². The normalized spacial score (nSPS) is 10.4. The van der Waals surface area contributed by atoms with E-state index in [1.165, 1.54) is 10.8 Å².